The van der Waals surface area contributed by atoms with Gasteiger partial charge < -0.3 is 0 Å². The summed E-state index contributed by atoms with van der Waals surface area (Å²) in [6.45, 7) is 4.31. The summed E-state index contributed by atoms with van der Waals surface area (Å²) in [4.78, 5) is 3.00. The molecule has 1 N–H and O–H groups in total. The Bertz CT molecular complexity index is 780. The Balaban J connectivity index is 2.31. The van der Waals surface area contributed by atoms with Gasteiger partial charge in [0.2, 0.25) is 5.96 Å². The smallest absolute Gasteiger partial charge is 0.251 e. The van der Waals surface area contributed by atoms with Gasteiger partial charge in [-0.25, -0.2) is 31.3 Å². The molecule has 0 aromatic heterocycles. The number of aliphatic imine (C=N–C) groups is 1. The van der Waals surface area contributed by atoms with Crippen molar-refractivity contribution in [2.24, 2.45) is 16.0 Å². The van der Waals surface area contributed by atoms with Gasteiger partial charge in [0.1, 0.15) is 10.7 Å². The number of halogens is 3. The molecule has 1 unspecified atom stereocenters. The second-order valence-electron chi connectivity index (χ2n) is 5.12. The van der Waals surface area contributed by atoms with Crippen LogP contribution in [0.2, 0.25) is 0 Å². The van der Waals surface area contributed by atoms with Crippen molar-refractivity contribution >= 4 is 22.2 Å². The van der Waals surface area contributed by atoms with Crippen molar-refractivity contribution in [1.82, 2.24) is 9.73 Å². The van der Waals surface area contributed by atoms with Crippen LogP contribution in [0.1, 0.15) is 20.3 Å². The lowest BCUT2D eigenvalue weighted by atomic mass is 10.1. The summed E-state index contributed by atoms with van der Waals surface area (Å²) in [6.07, 6.45) is 2.47. The van der Waals surface area contributed by atoms with Crippen molar-refractivity contribution < 1.29 is 21.6 Å². The fourth-order valence-corrected chi connectivity index (χ4v) is 3.16. The lowest BCUT2D eigenvalue weighted by molar-refractivity contribution is 0.429. The van der Waals surface area contributed by atoms with E-state index in [0.29, 0.717) is 12.6 Å². The minimum absolute atomic E-state index is 0.103. The van der Waals surface area contributed by atoms with E-state index in [1.165, 1.54) is 5.01 Å². The Morgan fingerprint density at radius 1 is 1.29 bits per heavy atom. The van der Waals surface area contributed by atoms with E-state index < -0.39 is 32.4 Å². The molecule has 10 heteroatoms. The van der Waals surface area contributed by atoms with E-state index >= 15 is 0 Å². The van der Waals surface area contributed by atoms with Crippen molar-refractivity contribution in [3.8, 4) is 0 Å². The SMILES string of the molecule is CCN=C(NS(=O)(=O)c1cc(F)c(F)cc1F)N1CC(CC)C=N1. The van der Waals surface area contributed by atoms with Crippen LogP contribution >= 0.6 is 0 Å². The number of hydrogen-bond acceptors (Lipinski definition) is 4. The fourth-order valence-electron chi connectivity index (χ4n) is 2.07. The normalized spacial score (nSPS) is 18.3. The molecule has 0 bridgehead atoms. The maximum Gasteiger partial charge on any atom is 0.267 e. The second kappa shape index (κ2) is 7.20. The van der Waals surface area contributed by atoms with Crippen molar-refractivity contribution in [2.45, 2.75) is 25.2 Å². The lowest BCUT2D eigenvalue weighted by Gasteiger charge is -2.19. The summed E-state index contributed by atoms with van der Waals surface area (Å²) in [5.74, 6) is -4.29. The molecule has 132 valence electrons. The molecule has 1 atom stereocenters. The van der Waals surface area contributed by atoms with Gasteiger partial charge in [-0.3, -0.25) is 4.99 Å². The highest BCUT2D eigenvalue weighted by atomic mass is 32.2. The average Bonchev–Trinajstić information content (AvgIpc) is 2.99. The topological polar surface area (TPSA) is 74.1 Å². The van der Waals surface area contributed by atoms with Gasteiger partial charge in [-0.15, -0.1) is 0 Å². The third-order valence-electron chi connectivity index (χ3n) is 3.39. The van der Waals surface area contributed by atoms with Crippen molar-refractivity contribution in [3.63, 3.8) is 0 Å². The summed E-state index contributed by atoms with van der Waals surface area (Å²) in [6, 6.07) is 0.473. The molecule has 0 saturated carbocycles. The Morgan fingerprint density at radius 2 is 1.96 bits per heavy atom. The number of rotatable bonds is 4. The quantitative estimate of drug-likeness (QED) is 0.506. The van der Waals surface area contributed by atoms with Crippen molar-refractivity contribution in [1.29, 1.82) is 0 Å². The fraction of sp³-hybridized carbons (Fsp3) is 0.429. The largest absolute Gasteiger partial charge is 0.267 e. The minimum Gasteiger partial charge on any atom is -0.251 e. The molecule has 1 aromatic rings. The van der Waals surface area contributed by atoms with Crippen LogP contribution in [0.15, 0.2) is 27.1 Å². The highest BCUT2D eigenvalue weighted by Crippen LogP contribution is 2.19. The molecular weight excluding hydrogens is 345 g/mol. The van der Waals surface area contributed by atoms with Gasteiger partial charge in [0.15, 0.2) is 11.6 Å². The number of hydrazone groups is 1. The van der Waals surface area contributed by atoms with Gasteiger partial charge in [0.25, 0.3) is 10.0 Å². The van der Waals surface area contributed by atoms with Crippen LogP contribution in [0, 0.1) is 23.4 Å². The third-order valence-corrected chi connectivity index (χ3v) is 4.73. The molecule has 1 aliphatic heterocycles. The zero-order valence-corrected chi connectivity index (χ0v) is 13.9. The molecule has 1 aliphatic rings. The molecule has 2 rings (SSSR count). The third kappa shape index (κ3) is 3.86. The molecule has 0 radical (unpaired) electrons. The van der Waals surface area contributed by atoms with Gasteiger partial charge in [-0.1, -0.05) is 6.92 Å². The van der Waals surface area contributed by atoms with Crippen LogP contribution in [-0.4, -0.2) is 38.7 Å². The first-order valence-electron chi connectivity index (χ1n) is 7.32. The summed E-state index contributed by atoms with van der Waals surface area (Å²) in [5.41, 5.74) is 0. The number of nitrogens with zero attached hydrogens (tertiary/aromatic N) is 3. The molecule has 24 heavy (non-hydrogen) atoms. The number of nitrogens with one attached hydrogen (secondary N) is 1. The Hall–Kier alpha value is -2.10. The molecule has 0 saturated heterocycles. The van der Waals surface area contributed by atoms with E-state index in [9.17, 15) is 21.6 Å². The van der Waals surface area contributed by atoms with E-state index in [4.69, 9.17) is 0 Å². The molecule has 6 nitrogen and oxygen atoms in total. The molecule has 1 heterocycles. The van der Waals surface area contributed by atoms with Crippen LogP contribution in [0.3, 0.4) is 0 Å². The van der Waals surface area contributed by atoms with Crippen molar-refractivity contribution in [2.75, 3.05) is 13.1 Å². The van der Waals surface area contributed by atoms with Gasteiger partial charge in [-0.05, 0) is 13.3 Å². The predicted octanol–water partition coefficient (Wildman–Crippen LogP) is 2.09. The summed E-state index contributed by atoms with van der Waals surface area (Å²) < 4.78 is 66.7. The van der Waals surface area contributed by atoms with E-state index in [1.54, 1.807) is 13.1 Å². The van der Waals surface area contributed by atoms with Crippen LogP contribution < -0.4 is 4.72 Å². The molecule has 1 aromatic carbocycles. The van der Waals surface area contributed by atoms with Crippen LogP contribution in [0.4, 0.5) is 13.2 Å². The highest BCUT2D eigenvalue weighted by molar-refractivity contribution is 7.90. The first-order chi connectivity index (χ1) is 11.3. The van der Waals surface area contributed by atoms with Crippen molar-refractivity contribution in [3.05, 3.63) is 29.6 Å². The number of guanidine groups is 1. The van der Waals surface area contributed by atoms with E-state index in [0.717, 1.165) is 6.42 Å². The first kappa shape index (κ1) is 18.2. The molecular formula is C14H17F3N4O2S. The summed E-state index contributed by atoms with van der Waals surface area (Å²) >= 11 is 0. The average molecular weight is 362 g/mol. The molecule has 0 aliphatic carbocycles. The number of benzene rings is 1. The lowest BCUT2D eigenvalue weighted by Crippen LogP contribution is -2.41. The second-order valence-corrected chi connectivity index (χ2v) is 6.77. The minimum atomic E-state index is -4.49. The van der Waals surface area contributed by atoms with E-state index in [1.807, 2.05) is 6.92 Å². The van der Waals surface area contributed by atoms with Crippen LogP contribution in [-0.2, 0) is 10.0 Å². The maximum absolute atomic E-state index is 13.7. The number of hydrogen-bond donors (Lipinski definition) is 1. The summed E-state index contributed by atoms with van der Waals surface area (Å²) in [5, 5.41) is 5.40. The number of sulfonamides is 1. The molecule has 0 fully saturated rings. The van der Waals surface area contributed by atoms with Crippen LogP contribution in [0.25, 0.3) is 0 Å². The van der Waals surface area contributed by atoms with Gasteiger partial charge in [-0.2, -0.15) is 5.10 Å². The van der Waals surface area contributed by atoms with Crippen LogP contribution in [0.5, 0.6) is 0 Å². The molecule has 0 amide bonds. The zero-order valence-electron chi connectivity index (χ0n) is 13.1. The Kier molecular flexibility index (Phi) is 5.47. The van der Waals surface area contributed by atoms with Gasteiger partial charge in [0, 0.05) is 30.8 Å². The standard InChI is InChI=1S/C14H17F3N4O2S/c1-3-9-7-19-21(8-9)14(18-4-2)20-24(22,23)13-6-11(16)10(15)5-12(13)17/h5-7,9H,3-4,8H2,1-2H3,(H,18,20). The zero-order chi connectivity index (χ0) is 17.9. The van der Waals surface area contributed by atoms with E-state index in [2.05, 4.69) is 14.8 Å². The highest BCUT2D eigenvalue weighted by Gasteiger charge is 2.27. The Morgan fingerprint density at radius 3 is 2.54 bits per heavy atom. The first-order valence-corrected chi connectivity index (χ1v) is 8.80. The van der Waals surface area contributed by atoms with E-state index in [-0.39, 0.29) is 24.5 Å². The Labute approximate surface area is 138 Å². The monoisotopic (exact) mass is 362 g/mol. The van der Waals surface area contributed by atoms with Gasteiger partial charge >= 0.3 is 0 Å². The predicted molar refractivity (Wildman–Crippen MR) is 83.6 cm³/mol. The van der Waals surface area contributed by atoms with Gasteiger partial charge in [0.05, 0.1) is 6.54 Å². The maximum atomic E-state index is 13.7. The molecule has 0 spiro atoms. The summed E-state index contributed by atoms with van der Waals surface area (Å²) in [7, 11) is -4.49.